The van der Waals surface area contributed by atoms with Crippen molar-refractivity contribution in [1.29, 1.82) is 0 Å². The highest BCUT2D eigenvalue weighted by molar-refractivity contribution is 6.06. The van der Waals surface area contributed by atoms with Crippen LogP contribution in [0.15, 0.2) is 42.6 Å². The number of likely N-dealkylation sites (tertiary alicyclic amines) is 1. The summed E-state index contributed by atoms with van der Waals surface area (Å²) < 4.78 is 20.7. The highest BCUT2D eigenvalue weighted by atomic mass is 19.1. The molecule has 4 rings (SSSR count). The second kappa shape index (κ2) is 12.6. The lowest BCUT2D eigenvalue weighted by Gasteiger charge is -2.36. The molecule has 2 saturated heterocycles. The number of benzene rings is 1. The molecular weight excluding hydrogens is 471 g/mol. The molecule has 0 bridgehead atoms. The topological polar surface area (TPSA) is 83.6 Å². The largest absolute Gasteiger partial charge is 0.492 e. The third-order valence-corrected chi connectivity index (χ3v) is 7.76. The summed E-state index contributed by atoms with van der Waals surface area (Å²) >= 11 is 0. The van der Waals surface area contributed by atoms with Gasteiger partial charge in [-0.15, -0.1) is 0 Å². The normalized spacial score (nSPS) is 19.1. The summed E-state index contributed by atoms with van der Waals surface area (Å²) in [5, 5.41) is 5.56. The highest BCUT2D eigenvalue weighted by Crippen LogP contribution is 2.26. The Kier molecular flexibility index (Phi) is 9.27. The predicted molar refractivity (Wildman–Crippen MR) is 142 cm³/mol. The Labute approximate surface area is 219 Å². The first-order valence-corrected chi connectivity index (χ1v) is 13.6. The Balaban J connectivity index is 1.23. The van der Waals surface area contributed by atoms with Gasteiger partial charge in [-0.1, -0.05) is 26.0 Å². The number of nitrogens with one attached hydrogen (secondary N) is 2. The Morgan fingerprint density at radius 2 is 1.84 bits per heavy atom. The number of ether oxygens (including phenoxy) is 1. The van der Waals surface area contributed by atoms with E-state index in [0.717, 1.165) is 62.3 Å². The summed E-state index contributed by atoms with van der Waals surface area (Å²) in [4.78, 5) is 31.3. The summed E-state index contributed by atoms with van der Waals surface area (Å²) in [6, 6.07) is 10.6. The summed E-state index contributed by atoms with van der Waals surface area (Å²) in [5.41, 5.74) is 1.01. The van der Waals surface area contributed by atoms with E-state index < -0.39 is 11.6 Å². The molecule has 7 nitrogen and oxygen atoms in total. The van der Waals surface area contributed by atoms with E-state index in [0.29, 0.717) is 37.5 Å². The molecule has 2 fully saturated rings. The van der Waals surface area contributed by atoms with Gasteiger partial charge in [0.1, 0.15) is 11.4 Å². The Hall–Kier alpha value is -2.84. The molecule has 2 N–H and O–H groups in total. The molecule has 1 aromatic carbocycles. The highest BCUT2D eigenvalue weighted by Gasteiger charge is 2.30. The number of alkyl halides is 1. The molecule has 37 heavy (non-hydrogen) atoms. The lowest BCUT2D eigenvalue weighted by molar-refractivity contribution is -0.121. The van der Waals surface area contributed by atoms with Gasteiger partial charge in [-0.2, -0.15) is 0 Å². The molecule has 8 heteroatoms. The second-order valence-corrected chi connectivity index (χ2v) is 10.3. The zero-order chi connectivity index (χ0) is 26.3. The molecule has 2 amide bonds. The number of imide groups is 1. The van der Waals surface area contributed by atoms with Gasteiger partial charge < -0.3 is 15.0 Å². The molecule has 0 unspecified atom stereocenters. The van der Waals surface area contributed by atoms with Gasteiger partial charge in [0.25, 0.3) is 5.91 Å². The van der Waals surface area contributed by atoms with E-state index in [9.17, 15) is 14.0 Å². The molecule has 2 aliphatic heterocycles. The van der Waals surface area contributed by atoms with E-state index in [1.165, 1.54) is 0 Å². The lowest BCUT2D eigenvalue weighted by Crippen LogP contribution is -2.44. The first-order chi connectivity index (χ1) is 17.9. The fourth-order valence-electron chi connectivity index (χ4n) is 5.01. The van der Waals surface area contributed by atoms with Gasteiger partial charge in [0.2, 0.25) is 5.91 Å². The van der Waals surface area contributed by atoms with Crippen LogP contribution in [-0.4, -0.2) is 66.2 Å². The van der Waals surface area contributed by atoms with Gasteiger partial charge >= 0.3 is 0 Å². The number of carbonyl (C=O) groups is 2. The summed E-state index contributed by atoms with van der Waals surface area (Å²) in [6.45, 7) is 7.65. The molecular formula is C29H39FN4O3. The Morgan fingerprint density at radius 3 is 2.43 bits per heavy atom. The number of amides is 2. The van der Waals surface area contributed by atoms with Crippen molar-refractivity contribution in [3.05, 3.63) is 48.2 Å². The summed E-state index contributed by atoms with van der Waals surface area (Å²) in [6.07, 6.45) is 6.57. The molecule has 0 spiro atoms. The van der Waals surface area contributed by atoms with Crippen LogP contribution in [0.2, 0.25) is 0 Å². The number of pyridine rings is 1. The minimum absolute atomic E-state index is 0.274. The average molecular weight is 511 g/mol. The average Bonchev–Trinajstić information content (AvgIpc) is 3.48. The van der Waals surface area contributed by atoms with Crippen molar-refractivity contribution in [3.63, 3.8) is 0 Å². The van der Waals surface area contributed by atoms with Crippen LogP contribution >= 0.6 is 0 Å². The summed E-state index contributed by atoms with van der Waals surface area (Å²) in [5.74, 6) is 0.515. The van der Waals surface area contributed by atoms with E-state index in [2.05, 4.69) is 20.5 Å². The van der Waals surface area contributed by atoms with Crippen LogP contribution in [0.5, 0.6) is 5.75 Å². The van der Waals surface area contributed by atoms with Crippen molar-refractivity contribution in [2.45, 2.75) is 64.1 Å². The Morgan fingerprint density at radius 1 is 1.11 bits per heavy atom. The molecule has 3 heterocycles. The predicted octanol–water partition coefficient (Wildman–Crippen LogP) is 4.38. The summed E-state index contributed by atoms with van der Waals surface area (Å²) in [7, 11) is 0. The van der Waals surface area contributed by atoms with E-state index in [1.807, 2.05) is 38.1 Å². The van der Waals surface area contributed by atoms with Gasteiger partial charge in [0, 0.05) is 17.7 Å². The number of nitrogens with zero attached hydrogens (tertiary/aromatic N) is 2. The van der Waals surface area contributed by atoms with Crippen molar-refractivity contribution in [3.8, 4) is 17.0 Å². The maximum Gasteiger partial charge on any atom is 0.257 e. The van der Waals surface area contributed by atoms with Crippen LogP contribution in [0.1, 0.15) is 62.7 Å². The number of aromatic nitrogens is 1. The van der Waals surface area contributed by atoms with Crippen LogP contribution in [0.4, 0.5) is 4.39 Å². The minimum Gasteiger partial charge on any atom is -0.492 e. The SMILES string of the molecule is CCC(F)(CC)CN1CCC(COc2ccc(-c3ccc(C(=O)NC(=O)[C@@H]4CCCN4)cc3)nc2)CC1. The van der Waals surface area contributed by atoms with Crippen LogP contribution in [0, 0.1) is 5.92 Å². The standard InChI is InChI=1S/C29H39FN4O3/c1-3-29(30,4-2)20-34-16-13-21(14-17-34)19-37-24-11-12-25(32-18-24)22-7-9-23(10-8-22)27(35)33-28(36)26-6-5-15-31-26/h7-12,18,21,26,31H,3-6,13-17,19-20H2,1-2H3,(H,33,35,36)/t26-/m0/s1. The third-order valence-electron chi connectivity index (χ3n) is 7.76. The molecule has 200 valence electrons. The van der Waals surface area contributed by atoms with Crippen molar-refractivity contribution in [2.24, 2.45) is 5.92 Å². The quantitative estimate of drug-likeness (QED) is 0.462. The zero-order valence-electron chi connectivity index (χ0n) is 22.0. The molecule has 2 aromatic rings. The lowest BCUT2D eigenvalue weighted by atomic mass is 9.94. The van der Waals surface area contributed by atoms with Crippen LogP contribution in [0.3, 0.4) is 0 Å². The van der Waals surface area contributed by atoms with Crippen LogP contribution < -0.4 is 15.4 Å². The molecule has 2 aliphatic rings. The molecule has 0 radical (unpaired) electrons. The van der Waals surface area contributed by atoms with Gasteiger partial charge in [-0.05, 0) is 88.3 Å². The van der Waals surface area contributed by atoms with Crippen LogP contribution in [0.25, 0.3) is 11.3 Å². The second-order valence-electron chi connectivity index (χ2n) is 10.3. The van der Waals surface area contributed by atoms with Gasteiger partial charge in [-0.3, -0.25) is 19.9 Å². The monoisotopic (exact) mass is 510 g/mol. The van der Waals surface area contributed by atoms with E-state index in [4.69, 9.17) is 4.74 Å². The maximum atomic E-state index is 14.7. The number of hydrogen-bond donors (Lipinski definition) is 2. The van der Waals surface area contributed by atoms with Gasteiger partial charge in [0.05, 0.1) is 24.5 Å². The van der Waals surface area contributed by atoms with Gasteiger partial charge in [0.15, 0.2) is 0 Å². The number of rotatable bonds is 10. The zero-order valence-corrected chi connectivity index (χ0v) is 22.0. The van der Waals surface area contributed by atoms with E-state index >= 15 is 0 Å². The number of halogens is 1. The smallest absolute Gasteiger partial charge is 0.257 e. The minimum atomic E-state index is -1.07. The molecule has 1 aromatic heterocycles. The fourth-order valence-corrected chi connectivity index (χ4v) is 5.01. The van der Waals surface area contributed by atoms with Crippen molar-refractivity contribution in [2.75, 3.05) is 32.8 Å². The van der Waals surface area contributed by atoms with Crippen molar-refractivity contribution in [1.82, 2.24) is 20.5 Å². The van der Waals surface area contributed by atoms with Gasteiger partial charge in [-0.25, -0.2) is 4.39 Å². The van der Waals surface area contributed by atoms with E-state index in [1.54, 1.807) is 18.3 Å². The van der Waals surface area contributed by atoms with E-state index in [-0.39, 0.29) is 11.9 Å². The molecule has 1 atom stereocenters. The Bertz CT molecular complexity index is 1030. The fraction of sp³-hybridized carbons (Fsp3) is 0.552. The van der Waals surface area contributed by atoms with Crippen molar-refractivity contribution < 1.29 is 18.7 Å². The molecule has 0 saturated carbocycles. The van der Waals surface area contributed by atoms with Crippen LogP contribution in [-0.2, 0) is 4.79 Å². The molecule has 0 aliphatic carbocycles. The van der Waals surface area contributed by atoms with Crippen molar-refractivity contribution >= 4 is 11.8 Å². The third kappa shape index (κ3) is 7.36. The first-order valence-electron chi connectivity index (χ1n) is 13.6. The maximum absolute atomic E-state index is 14.7. The first kappa shape index (κ1) is 27.2. The number of piperidine rings is 1. The number of hydrogen-bond acceptors (Lipinski definition) is 6. The number of carbonyl (C=O) groups excluding carboxylic acids is 2.